The van der Waals surface area contributed by atoms with Crippen LogP contribution in [0, 0.1) is 5.92 Å². The third-order valence-electron chi connectivity index (χ3n) is 4.57. The smallest absolute Gasteiger partial charge is 0.231 e. The van der Waals surface area contributed by atoms with E-state index < -0.39 is 0 Å². The Kier molecular flexibility index (Phi) is 3.28. The summed E-state index contributed by atoms with van der Waals surface area (Å²) in [5, 5.41) is 3.50. The molecule has 1 atom stereocenters. The standard InChI is InChI=1S/C16H22N2O2/c1-6-17-7-9-18(8-1)16(12-2-3-12)13-4-5-14-15(10-13)20-11-19-14/h4-5,10,12,16-17H,1-3,6-9,11H2. The fourth-order valence-electron chi connectivity index (χ4n) is 3.43. The average molecular weight is 274 g/mol. The van der Waals surface area contributed by atoms with Gasteiger partial charge >= 0.3 is 0 Å². The van der Waals surface area contributed by atoms with Crippen molar-refractivity contribution >= 4 is 0 Å². The Morgan fingerprint density at radius 3 is 2.90 bits per heavy atom. The molecule has 0 bridgehead atoms. The number of ether oxygens (including phenoxy) is 2. The van der Waals surface area contributed by atoms with Crippen molar-refractivity contribution in [2.24, 2.45) is 5.92 Å². The van der Waals surface area contributed by atoms with Crippen molar-refractivity contribution < 1.29 is 9.47 Å². The molecule has 1 aromatic carbocycles. The van der Waals surface area contributed by atoms with Gasteiger partial charge in [-0.3, -0.25) is 4.90 Å². The molecular formula is C16H22N2O2. The lowest BCUT2D eigenvalue weighted by Crippen LogP contribution is -2.33. The summed E-state index contributed by atoms with van der Waals surface area (Å²) in [4.78, 5) is 2.66. The summed E-state index contributed by atoms with van der Waals surface area (Å²) < 4.78 is 11.0. The zero-order chi connectivity index (χ0) is 13.4. The van der Waals surface area contributed by atoms with E-state index in [1.165, 1.54) is 31.4 Å². The number of benzene rings is 1. The maximum Gasteiger partial charge on any atom is 0.231 e. The van der Waals surface area contributed by atoms with Crippen LogP contribution in [0.4, 0.5) is 0 Å². The summed E-state index contributed by atoms with van der Waals surface area (Å²) in [5.41, 5.74) is 1.40. The van der Waals surface area contributed by atoms with Crippen molar-refractivity contribution in [1.82, 2.24) is 10.2 Å². The Labute approximate surface area is 120 Å². The maximum atomic E-state index is 5.55. The molecule has 1 saturated heterocycles. The van der Waals surface area contributed by atoms with Crippen LogP contribution in [-0.4, -0.2) is 37.9 Å². The number of nitrogens with zero attached hydrogens (tertiary/aromatic N) is 1. The van der Waals surface area contributed by atoms with Crippen molar-refractivity contribution in [3.8, 4) is 11.5 Å². The van der Waals surface area contributed by atoms with Gasteiger partial charge in [0.2, 0.25) is 6.79 Å². The summed E-state index contributed by atoms with van der Waals surface area (Å²) in [6, 6.07) is 7.06. The second-order valence-electron chi connectivity index (χ2n) is 6.03. The van der Waals surface area contributed by atoms with Crippen molar-refractivity contribution in [1.29, 1.82) is 0 Å². The Hall–Kier alpha value is -1.26. The molecule has 1 unspecified atom stereocenters. The third kappa shape index (κ3) is 2.38. The van der Waals surface area contributed by atoms with Crippen LogP contribution in [0.5, 0.6) is 11.5 Å². The highest BCUT2D eigenvalue weighted by Crippen LogP contribution is 2.46. The monoisotopic (exact) mass is 274 g/mol. The highest BCUT2D eigenvalue weighted by molar-refractivity contribution is 5.45. The van der Waals surface area contributed by atoms with Crippen LogP contribution < -0.4 is 14.8 Å². The molecule has 1 N–H and O–H groups in total. The summed E-state index contributed by atoms with van der Waals surface area (Å²) >= 11 is 0. The number of fused-ring (bicyclic) bond motifs is 1. The zero-order valence-electron chi connectivity index (χ0n) is 11.8. The van der Waals surface area contributed by atoms with E-state index in [9.17, 15) is 0 Å². The number of rotatable bonds is 3. The Balaban J connectivity index is 1.61. The van der Waals surface area contributed by atoms with E-state index in [-0.39, 0.29) is 0 Å². The van der Waals surface area contributed by atoms with Crippen molar-refractivity contribution in [2.45, 2.75) is 25.3 Å². The van der Waals surface area contributed by atoms with Gasteiger partial charge in [-0.1, -0.05) is 6.07 Å². The Bertz CT molecular complexity index is 479. The normalized spacial score (nSPS) is 24.4. The lowest BCUT2D eigenvalue weighted by molar-refractivity contribution is 0.173. The van der Waals surface area contributed by atoms with Crippen molar-refractivity contribution in [2.75, 3.05) is 33.0 Å². The van der Waals surface area contributed by atoms with Gasteiger partial charge < -0.3 is 14.8 Å². The van der Waals surface area contributed by atoms with Crippen LogP contribution >= 0.6 is 0 Å². The van der Waals surface area contributed by atoms with Gasteiger partial charge in [0.05, 0.1) is 0 Å². The minimum atomic E-state index is 0.362. The lowest BCUT2D eigenvalue weighted by atomic mass is 9.99. The van der Waals surface area contributed by atoms with Crippen LogP contribution in [0.1, 0.15) is 30.9 Å². The van der Waals surface area contributed by atoms with E-state index >= 15 is 0 Å². The maximum absolute atomic E-state index is 5.55. The molecule has 4 heteroatoms. The predicted molar refractivity (Wildman–Crippen MR) is 77.1 cm³/mol. The van der Waals surface area contributed by atoms with Crippen LogP contribution in [-0.2, 0) is 0 Å². The number of hydrogen-bond donors (Lipinski definition) is 1. The topological polar surface area (TPSA) is 33.7 Å². The SMILES string of the molecule is c1cc2c(cc1C(C1CC1)N1CCCNCC1)OCO2. The Morgan fingerprint density at radius 2 is 2.00 bits per heavy atom. The molecule has 0 radical (unpaired) electrons. The summed E-state index contributed by atoms with van der Waals surface area (Å²) in [6.07, 6.45) is 3.97. The molecule has 2 heterocycles. The molecule has 0 aromatic heterocycles. The molecule has 108 valence electrons. The highest BCUT2D eigenvalue weighted by atomic mass is 16.7. The first-order valence-corrected chi connectivity index (χ1v) is 7.76. The van der Waals surface area contributed by atoms with E-state index in [4.69, 9.17) is 9.47 Å². The van der Waals surface area contributed by atoms with Crippen LogP contribution in [0.25, 0.3) is 0 Å². The van der Waals surface area contributed by atoms with Gasteiger partial charge in [0.25, 0.3) is 0 Å². The molecule has 2 fully saturated rings. The molecule has 2 aliphatic heterocycles. The third-order valence-corrected chi connectivity index (χ3v) is 4.57. The second kappa shape index (κ2) is 5.26. The minimum Gasteiger partial charge on any atom is -0.454 e. The molecule has 1 aromatic rings. The van der Waals surface area contributed by atoms with Crippen LogP contribution in [0.3, 0.4) is 0 Å². The van der Waals surface area contributed by atoms with E-state index in [0.717, 1.165) is 37.1 Å². The van der Waals surface area contributed by atoms with Gasteiger partial charge in [0.1, 0.15) is 0 Å². The Morgan fingerprint density at radius 1 is 1.10 bits per heavy atom. The van der Waals surface area contributed by atoms with E-state index in [1.807, 2.05) is 0 Å². The summed E-state index contributed by atoms with van der Waals surface area (Å²) in [7, 11) is 0. The largest absolute Gasteiger partial charge is 0.454 e. The van der Waals surface area contributed by atoms with E-state index in [0.29, 0.717) is 12.8 Å². The van der Waals surface area contributed by atoms with Gasteiger partial charge in [0, 0.05) is 25.7 Å². The molecule has 0 spiro atoms. The van der Waals surface area contributed by atoms with E-state index in [1.54, 1.807) is 0 Å². The van der Waals surface area contributed by atoms with Gasteiger partial charge in [-0.25, -0.2) is 0 Å². The fourth-order valence-corrected chi connectivity index (χ4v) is 3.43. The van der Waals surface area contributed by atoms with Crippen LogP contribution in [0.2, 0.25) is 0 Å². The van der Waals surface area contributed by atoms with Gasteiger partial charge in [-0.05, 0) is 49.4 Å². The van der Waals surface area contributed by atoms with Crippen LogP contribution in [0.15, 0.2) is 18.2 Å². The fraction of sp³-hybridized carbons (Fsp3) is 0.625. The van der Waals surface area contributed by atoms with Crippen molar-refractivity contribution in [3.05, 3.63) is 23.8 Å². The van der Waals surface area contributed by atoms with Gasteiger partial charge in [0.15, 0.2) is 11.5 Å². The average Bonchev–Trinajstić information content (AvgIpc) is 3.23. The molecule has 1 aliphatic carbocycles. The second-order valence-corrected chi connectivity index (χ2v) is 6.03. The highest BCUT2D eigenvalue weighted by Gasteiger charge is 2.37. The number of hydrogen-bond acceptors (Lipinski definition) is 4. The zero-order valence-corrected chi connectivity index (χ0v) is 11.8. The summed E-state index contributed by atoms with van der Waals surface area (Å²) in [5.74, 6) is 2.63. The molecule has 3 aliphatic rings. The molecule has 1 saturated carbocycles. The number of nitrogens with one attached hydrogen (secondary N) is 1. The molecule has 20 heavy (non-hydrogen) atoms. The molecule has 4 rings (SSSR count). The molecular weight excluding hydrogens is 252 g/mol. The lowest BCUT2D eigenvalue weighted by Gasteiger charge is -2.31. The van der Waals surface area contributed by atoms with Crippen molar-refractivity contribution in [3.63, 3.8) is 0 Å². The first-order valence-electron chi connectivity index (χ1n) is 7.76. The predicted octanol–water partition coefficient (Wildman–Crippen LogP) is 2.16. The molecule has 4 nitrogen and oxygen atoms in total. The first-order chi connectivity index (χ1) is 9.92. The minimum absolute atomic E-state index is 0.362. The first kappa shape index (κ1) is 12.5. The molecule has 0 amide bonds. The van der Waals surface area contributed by atoms with E-state index in [2.05, 4.69) is 28.4 Å². The quantitative estimate of drug-likeness (QED) is 0.916. The van der Waals surface area contributed by atoms with Gasteiger partial charge in [-0.15, -0.1) is 0 Å². The van der Waals surface area contributed by atoms with Gasteiger partial charge in [-0.2, -0.15) is 0 Å². The summed E-state index contributed by atoms with van der Waals surface area (Å²) in [6.45, 7) is 4.96.